The van der Waals surface area contributed by atoms with Gasteiger partial charge in [-0.1, -0.05) is 96.3 Å². The van der Waals surface area contributed by atoms with Gasteiger partial charge in [-0.25, -0.2) is 26.3 Å². The van der Waals surface area contributed by atoms with Gasteiger partial charge in [-0.2, -0.15) is 53.0 Å². The van der Waals surface area contributed by atoms with Crippen molar-refractivity contribution in [3.63, 3.8) is 0 Å². The smallest absolute Gasteiger partial charge is 0.870 e. The molecule has 0 saturated carbocycles. The van der Waals surface area contributed by atoms with Crippen molar-refractivity contribution in [3.8, 4) is 17.2 Å². The molecule has 7 aromatic carbocycles. The molecule has 3 N–H and O–H groups in total. The SMILES string of the molecule is C.CS(=O)(=O)OCCCSCC[C@@H]1OCC[C@@]2(Cc3ccc(Cl)cc3)c3c(F)ccc(F)c3OC[C@@H]12.Cc1ccc(S(=O)(=O)OCC[C@@H]2OCC[C@@]3(Cc4ccc(Cl)cc4)c4c(F)ccc(F)c4OC[C@@H]23)cc1.OCCCS.OCCCSCC[C@@H]1OCC[C@@]2(Cc3ccc(Cl)cc3)c3c(F)ccc(F)c3OC[C@@H]12.[K+].[OH-]. The first-order valence-corrected chi connectivity index (χ1v) is 43.4. The van der Waals surface area contributed by atoms with Crippen LogP contribution >= 0.6 is 71.0 Å². The molecule has 0 spiro atoms. The van der Waals surface area contributed by atoms with E-state index in [2.05, 4.69) is 12.6 Å². The van der Waals surface area contributed by atoms with Crippen molar-refractivity contribution >= 4 is 91.2 Å². The molecule has 15 nitrogen and oxygen atoms in total. The van der Waals surface area contributed by atoms with E-state index < -0.39 is 77.5 Å². The molecule has 0 bridgehead atoms. The van der Waals surface area contributed by atoms with Gasteiger partial charge in [-0.05, 0) is 214 Å². The van der Waals surface area contributed by atoms with Gasteiger partial charge < -0.3 is 44.1 Å². The van der Waals surface area contributed by atoms with Crippen LogP contribution in [0.4, 0.5) is 26.3 Å². The zero-order valence-electron chi connectivity index (χ0n) is 61.5. The van der Waals surface area contributed by atoms with E-state index in [4.69, 9.17) is 81.8 Å². The van der Waals surface area contributed by atoms with E-state index in [1.807, 2.05) is 67.6 Å². The number of aryl methyl sites for hydroxylation is 1. The second-order valence-electron chi connectivity index (χ2n) is 27.7. The summed E-state index contributed by atoms with van der Waals surface area (Å²) in [7, 11) is -7.37. The third-order valence-corrected chi connectivity index (χ3v) is 26.0. The van der Waals surface area contributed by atoms with Crippen molar-refractivity contribution in [3.05, 3.63) is 222 Å². The molecule has 6 aliphatic rings. The van der Waals surface area contributed by atoms with Crippen LogP contribution < -0.4 is 65.6 Å². The fourth-order valence-electron chi connectivity index (χ4n) is 15.8. The monoisotopic (exact) mass is 1730 g/mol. The molecule has 30 heteroatoms. The second kappa shape index (κ2) is 44.5. The molecule has 3 fully saturated rings. The van der Waals surface area contributed by atoms with Crippen LogP contribution in [0, 0.1) is 59.6 Å². The fraction of sp³-hybridized carbons (Fsp3) is 0.481. The Labute approximate surface area is 720 Å². The molecule has 0 radical (unpaired) electrons. The number of hydrogen-bond donors (Lipinski definition) is 3. The molecule has 9 atom stereocenters. The number of halogens is 9. The van der Waals surface area contributed by atoms with Crippen molar-refractivity contribution < 1.29 is 147 Å². The van der Waals surface area contributed by atoms with Crippen LogP contribution in [-0.2, 0) is 78.3 Å². The number of thioether (sulfide) groups is 2. The van der Waals surface area contributed by atoms with Crippen LogP contribution in [0.1, 0.15) is 104 Å². The number of fused-ring (bicyclic) bond motifs is 9. The van der Waals surface area contributed by atoms with Crippen molar-refractivity contribution in [2.24, 2.45) is 17.8 Å². The van der Waals surface area contributed by atoms with Crippen molar-refractivity contribution in [1.82, 2.24) is 0 Å². The minimum Gasteiger partial charge on any atom is -0.870 e. The van der Waals surface area contributed by atoms with Crippen LogP contribution in [0.3, 0.4) is 0 Å². The first kappa shape index (κ1) is 94.8. The number of aliphatic hydroxyl groups excluding tert-OH is 2. The van der Waals surface area contributed by atoms with Crippen LogP contribution in [-0.4, -0.2) is 152 Å². The van der Waals surface area contributed by atoms with Crippen LogP contribution in [0.15, 0.2) is 138 Å². The fourth-order valence-corrected chi connectivity index (χ4v) is 19.5. The third kappa shape index (κ3) is 24.2. The molecule has 6 aliphatic heterocycles. The predicted octanol–water partition coefficient (Wildman–Crippen LogP) is 14.5. The molecule has 111 heavy (non-hydrogen) atoms. The summed E-state index contributed by atoms with van der Waals surface area (Å²) in [5.74, 6) is 0.411. The number of ether oxygens (including phenoxy) is 6. The van der Waals surface area contributed by atoms with Gasteiger partial charge in [-0.15, -0.1) is 0 Å². The average molecular weight is 1730 g/mol. The maximum absolute atomic E-state index is 15.4. The number of rotatable bonds is 27. The molecule has 3 saturated heterocycles. The molecule has 0 aromatic heterocycles. The van der Waals surface area contributed by atoms with Crippen molar-refractivity contribution in [1.29, 1.82) is 0 Å². The van der Waals surface area contributed by atoms with Gasteiger partial charge in [0.1, 0.15) is 17.5 Å². The number of hydrogen-bond acceptors (Lipinski definition) is 18. The van der Waals surface area contributed by atoms with Gasteiger partial charge in [0, 0.05) is 98.8 Å². The number of benzene rings is 7. The second-order valence-corrected chi connectivity index (χ2v) is 35.2. The van der Waals surface area contributed by atoms with Gasteiger partial charge in [0.05, 0.1) is 62.5 Å². The molecular formula is C81H96Cl3F6KO15S5. The van der Waals surface area contributed by atoms with Gasteiger partial charge in [0.15, 0.2) is 34.7 Å². The minimum absolute atomic E-state index is 0. The van der Waals surface area contributed by atoms with Crippen LogP contribution in [0.25, 0.3) is 0 Å². The maximum Gasteiger partial charge on any atom is 1.00 e. The van der Waals surface area contributed by atoms with E-state index in [1.165, 1.54) is 24.3 Å². The minimum atomic E-state index is -3.94. The summed E-state index contributed by atoms with van der Waals surface area (Å²) < 4.78 is 183. The Hall–Kier alpha value is -3.34. The molecule has 0 amide bonds. The van der Waals surface area contributed by atoms with Gasteiger partial charge in [0.25, 0.3) is 20.2 Å². The van der Waals surface area contributed by atoms with Crippen LogP contribution in [0.5, 0.6) is 17.2 Å². The molecule has 0 unspecified atom stereocenters. The van der Waals surface area contributed by atoms with E-state index >= 15 is 13.2 Å². The average Bonchev–Trinajstić information content (AvgIpc) is 0.737. The zero-order valence-corrected chi connectivity index (χ0v) is 71.0. The molecule has 604 valence electrons. The number of aliphatic hydroxyl groups is 2. The summed E-state index contributed by atoms with van der Waals surface area (Å²) in [4.78, 5) is 0.0761. The van der Waals surface area contributed by atoms with E-state index in [-0.39, 0.29) is 168 Å². The largest absolute Gasteiger partial charge is 1.00 e. The topological polar surface area (TPSA) is 213 Å². The van der Waals surface area contributed by atoms with Crippen molar-refractivity contribution in [2.75, 3.05) is 101 Å². The van der Waals surface area contributed by atoms with Crippen LogP contribution in [0.2, 0.25) is 15.1 Å². The summed E-state index contributed by atoms with van der Waals surface area (Å²) >= 11 is 25.5. The van der Waals surface area contributed by atoms with Crippen molar-refractivity contribution in [2.45, 2.75) is 131 Å². The first-order chi connectivity index (χ1) is 51.8. The summed E-state index contributed by atoms with van der Waals surface area (Å²) in [5, 5.41) is 18.8. The maximum atomic E-state index is 15.4. The molecule has 6 heterocycles. The normalized spacial score (nSPS) is 22.6. The Morgan fingerprint density at radius 1 is 0.477 bits per heavy atom. The predicted molar refractivity (Wildman–Crippen MR) is 424 cm³/mol. The summed E-state index contributed by atoms with van der Waals surface area (Å²) in [5.41, 5.74) is 2.67. The Bertz CT molecular complexity index is 4330. The summed E-state index contributed by atoms with van der Waals surface area (Å²) in [6.07, 6.45) is 7.39. The van der Waals surface area contributed by atoms with E-state index in [0.717, 1.165) is 107 Å². The van der Waals surface area contributed by atoms with Gasteiger partial charge in [0.2, 0.25) is 0 Å². The Balaban J connectivity index is 0.000000222. The molecular weight excluding hydrogens is 1630 g/mol. The zero-order chi connectivity index (χ0) is 77.2. The van der Waals surface area contributed by atoms with Gasteiger partial charge in [-0.3, -0.25) is 8.37 Å². The number of thiol groups is 1. The van der Waals surface area contributed by atoms with Gasteiger partial charge >= 0.3 is 51.4 Å². The standard InChI is InChI=1S/C28H27ClF2O5S.C25H29ClF2O5S2.C24H27ClF2O3S.C3H8OS.CH4.K.H2O/c1-18-2-8-21(9-3-18)37(32,33)36-14-12-25-22-17-35-27-24(31)11-10-23(30)26(27)28(22,13-15-34-25)16-19-4-6-20(29)7-5-19;1-35(29,30)33-11-2-13-34-14-9-22-19-16-32-24-21(28)8-7-20(27)23(24)25(19,10-12-31-22)15-17-3-5-18(26)6-4-17;25-17-4-2-16(3-5-17)14-24-9-11-29-21(8-13-31-12-1-10-28)18(24)15-30-23-20(27)7-6-19(26)22(23)24;4-2-1-3-5;;;/h2-11,22,25H,12-17H2,1H3;3-8,19,22H,2,9-16H2,1H3;2-7,18,21,28H,1,8-15H2;4-5H,1-3H2;1H4;;1H2/q;;;;;+1;/p-1/t22-,25-,28-;19-,22-,25-;18-,21-,24-;;;;/m000..../s1. The Kier molecular flexibility index (Phi) is 38.0. The summed E-state index contributed by atoms with van der Waals surface area (Å²) in [6, 6.07) is 35.6. The van der Waals surface area contributed by atoms with E-state index in [0.29, 0.717) is 97.6 Å². The molecule has 0 aliphatic carbocycles. The Morgan fingerprint density at radius 2 is 0.820 bits per heavy atom. The molecule has 7 aromatic rings. The third-order valence-electron chi connectivity index (χ3n) is 20.8. The molecule has 13 rings (SSSR count). The van der Waals surface area contributed by atoms with E-state index in [9.17, 15) is 30.0 Å². The summed E-state index contributed by atoms with van der Waals surface area (Å²) in [6.45, 7) is 4.26. The quantitative estimate of drug-likeness (QED) is 0.0144. The Morgan fingerprint density at radius 3 is 1.15 bits per heavy atom. The van der Waals surface area contributed by atoms with E-state index in [1.54, 1.807) is 47.8 Å². The first-order valence-electron chi connectivity index (χ1n) is 36.1.